The quantitative estimate of drug-likeness (QED) is 0.362. The molecule has 0 saturated heterocycles. The van der Waals surface area contributed by atoms with Gasteiger partial charge in [-0.15, -0.1) is 5.10 Å². The zero-order valence-electron chi connectivity index (χ0n) is 15.6. The molecule has 3 aromatic carbocycles. The number of benzene rings is 3. The van der Waals surface area contributed by atoms with E-state index in [-0.39, 0.29) is 5.56 Å². The average Bonchev–Trinajstić information content (AvgIpc) is 3.22. The van der Waals surface area contributed by atoms with E-state index in [9.17, 15) is 4.79 Å². The number of aromatic nitrogens is 4. The Hall–Kier alpha value is -3.48. The number of nitrogens with zero attached hydrogens (tertiary/aromatic N) is 4. The van der Waals surface area contributed by atoms with Gasteiger partial charge in [-0.25, -0.2) is 4.68 Å². The van der Waals surface area contributed by atoms with Crippen LogP contribution in [0.1, 0.15) is 0 Å². The number of fused-ring (bicyclic) bond motifs is 1. The predicted octanol–water partition coefficient (Wildman–Crippen LogP) is 5.35. The third-order valence-corrected chi connectivity index (χ3v) is 5.46. The Kier molecular flexibility index (Phi) is 4.58. The van der Waals surface area contributed by atoms with Crippen molar-refractivity contribution in [1.29, 1.82) is 0 Å². The third kappa shape index (κ3) is 3.07. The molecule has 0 saturated carbocycles. The van der Waals surface area contributed by atoms with Gasteiger partial charge in [0.05, 0.1) is 11.4 Å². The van der Waals surface area contributed by atoms with E-state index in [0.717, 1.165) is 11.4 Å². The highest BCUT2D eigenvalue weighted by Crippen LogP contribution is 2.21. The van der Waals surface area contributed by atoms with Gasteiger partial charge in [0.15, 0.2) is 10.4 Å². The lowest BCUT2D eigenvalue weighted by atomic mass is 10.3. The summed E-state index contributed by atoms with van der Waals surface area (Å²) in [7, 11) is 0. The third-order valence-electron chi connectivity index (χ3n) is 4.84. The van der Waals surface area contributed by atoms with Crippen LogP contribution in [-0.4, -0.2) is 18.9 Å². The molecular formula is C23H15ClN4OS. The van der Waals surface area contributed by atoms with Crippen molar-refractivity contribution in [3.8, 4) is 17.1 Å². The van der Waals surface area contributed by atoms with Crippen LogP contribution in [-0.2, 0) is 0 Å². The van der Waals surface area contributed by atoms with Crippen molar-refractivity contribution in [2.75, 3.05) is 0 Å². The lowest BCUT2D eigenvalue weighted by Gasteiger charge is -2.13. The van der Waals surface area contributed by atoms with E-state index in [1.54, 1.807) is 35.1 Å². The summed E-state index contributed by atoms with van der Waals surface area (Å²) in [5.74, 6) is 0. The second-order valence-corrected chi connectivity index (χ2v) is 7.52. The van der Waals surface area contributed by atoms with E-state index in [0.29, 0.717) is 26.5 Å². The summed E-state index contributed by atoms with van der Waals surface area (Å²) in [5, 5.41) is 5.76. The fraction of sp³-hybridized carbons (Fsp3) is 0. The van der Waals surface area contributed by atoms with Gasteiger partial charge in [-0.1, -0.05) is 48.0 Å². The lowest BCUT2D eigenvalue weighted by molar-refractivity contribution is 0.844. The molecule has 0 amide bonds. The first-order chi connectivity index (χ1) is 14.6. The fourth-order valence-corrected chi connectivity index (χ4v) is 3.93. The largest absolute Gasteiger partial charge is 0.270 e. The Labute approximate surface area is 182 Å². The van der Waals surface area contributed by atoms with Gasteiger partial charge in [0.2, 0.25) is 0 Å². The van der Waals surface area contributed by atoms with Crippen molar-refractivity contribution < 1.29 is 0 Å². The first-order valence-electron chi connectivity index (χ1n) is 9.28. The normalized spacial score (nSPS) is 11.1. The second kappa shape index (κ2) is 7.40. The summed E-state index contributed by atoms with van der Waals surface area (Å²) in [4.78, 5) is 13.5. The Morgan fingerprint density at radius 2 is 1.30 bits per heavy atom. The minimum Gasteiger partial charge on any atom is -0.269 e. The second-order valence-electron chi connectivity index (χ2n) is 6.72. The molecule has 146 valence electrons. The van der Waals surface area contributed by atoms with Crippen molar-refractivity contribution >= 4 is 34.9 Å². The van der Waals surface area contributed by atoms with Crippen molar-refractivity contribution in [2.45, 2.75) is 0 Å². The highest BCUT2D eigenvalue weighted by Gasteiger charge is 2.17. The van der Waals surface area contributed by atoms with Gasteiger partial charge in [-0.05, 0) is 60.7 Å². The van der Waals surface area contributed by atoms with E-state index in [1.165, 1.54) is 4.57 Å². The molecule has 0 bridgehead atoms. The van der Waals surface area contributed by atoms with Crippen LogP contribution >= 0.6 is 23.8 Å². The molecule has 0 aliphatic rings. The number of hydrogen-bond donors (Lipinski definition) is 0. The molecule has 2 aromatic heterocycles. The van der Waals surface area contributed by atoms with Gasteiger partial charge in [0, 0.05) is 16.9 Å². The first kappa shape index (κ1) is 18.5. The van der Waals surface area contributed by atoms with Gasteiger partial charge in [0.25, 0.3) is 5.56 Å². The molecule has 0 aliphatic carbocycles. The van der Waals surface area contributed by atoms with Crippen LogP contribution < -0.4 is 5.56 Å². The SMILES string of the molecule is O=c1c2cn(-c3ccccc3)nc2n(-c2ccccc2)c(=S)n1-c1ccc(Cl)cc1. The minimum atomic E-state index is -0.230. The fourth-order valence-electron chi connectivity index (χ4n) is 3.42. The molecule has 5 nitrogen and oxygen atoms in total. The predicted molar refractivity (Wildman–Crippen MR) is 122 cm³/mol. The Morgan fingerprint density at radius 1 is 0.733 bits per heavy atom. The maximum Gasteiger partial charge on any atom is 0.270 e. The lowest BCUT2D eigenvalue weighted by Crippen LogP contribution is -2.23. The standard InChI is InChI=1S/C23H15ClN4OS/c24-16-11-13-19(14-12-16)28-22(29)20-15-26(17-7-3-1-4-8-17)25-21(20)27(23(28)30)18-9-5-2-6-10-18/h1-15H. The van der Waals surface area contributed by atoms with Crippen molar-refractivity contribution in [2.24, 2.45) is 0 Å². The molecule has 0 N–H and O–H groups in total. The van der Waals surface area contributed by atoms with Gasteiger partial charge >= 0.3 is 0 Å². The summed E-state index contributed by atoms with van der Waals surface area (Å²) in [5.41, 5.74) is 2.61. The Bertz CT molecular complexity index is 1470. The van der Waals surface area contributed by atoms with E-state index in [2.05, 4.69) is 0 Å². The van der Waals surface area contributed by atoms with Crippen LogP contribution in [0.5, 0.6) is 0 Å². The molecule has 2 heterocycles. The van der Waals surface area contributed by atoms with Crippen LogP contribution in [0.25, 0.3) is 28.1 Å². The van der Waals surface area contributed by atoms with Crippen LogP contribution in [0.3, 0.4) is 0 Å². The first-order valence-corrected chi connectivity index (χ1v) is 10.1. The minimum absolute atomic E-state index is 0.230. The number of para-hydroxylation sites is 2. The van der Waals surface area contributed by atoms with Gasteiger partial charge in [-0.2, -0.15) is 0 Å². The molecule has 0 unspecified atom stereocenters. The molecule has 30 heavy (non-hydrogen) atoms. The monoisotopic (exact) mass is 430 g/mol. The zero-order chi connectivity index (χ0) is 20.7. The smallest absolute Gasteiger partial charge is 0.269 e. The summed E-state index contributed by atoms with van der Waals surface area (Å²) >= 11 is 11.8. The summed E-state index contributed by atoms with van der Waals surface area (Å²) in [6, 6.07) is 26.4. The van der Waals surface area contributed by atoms with Gasteiger partial charge in [-0.3, -0.25) is 13.9 Å². The molecule has 0 fully saturated rings. The number of rotatable bonds is 3. The number of hydrogen-bond acceptors (Lipinski definition) is 3. The van der Waals surface area contributed by atoms with Crippen LogP contribution in [0.2, 0.25) is 5.02 Å². The highest BCUT2D eigenvalue weighted by atomic mass is 35.5. The van der Waals surface area contributed by atoms with Crippen LogP contribution in [0.4, 0.5) is 0 Å². The molecule has 7 heteroatoms. The number of halogens is 1. The summed E-state index contributed by atoms with van der Waals surface area (Å²) in [6.45, 7) is 0. The maximum atomic E-state index is 13.5. The molecule has 0 aliphatic heterocycles. The van der Waals surface area contributed by atoms with E-state index >= 15 is 0 Å². The highest BCUT2D eigenvalue weighted by molar-refractivity contribution is 7.71. The van der Waals surface area contributed by atoms with E-state index < -0.39 is 0 Å². The molecule has 5 rings (SSSR count). The Morgan fingerprint density at radius 3 is 1.93 bits per heavy atom. The maximum absolute atomic E-state index is 13.5. The van der Waals surface area contributed by atoms with Crippen LogP contribution in [0, 0.1) is 4.77 Å². The summed E-state index contributed by atoms with van der Waals surface area (Å²) in [6.07, 6.45) is 1.74. The molecule has 0 atom stereocenters. The Balaban J connectivity index is 1.89. The van der Waals surface area contributed by atoms with Crippen molar-refractivity contribution in [3.05, 3.63) is 111 Å². The van der Waals surface area contributed by atoms with Crippen LogP contribution in [0.15, 0.2) is 95.9 Å². The molecule has 0 spiro atoms. The van der Waals surface area contributed by atoms with E-state index in [1.807, 2.05) is 65.2 Å². The zero-order valence-corrected chi connectivity index (χ0v) is 17.2. The van der Waals surface area contributed by atoms with E-state index in [4.69, 9.17) is 28.9 Å². The van der Waals surface area contributed by atoms with Gasteiger partial charge in [0.1, 0.15) is 5.39 Å². The molecule has 5 aromatic rings. The summed E-state index contributed by atoms with van der Waals surface area (Å²) < 4.78 is 5.37. The molecule has 0 radical (unpaired) electrons. The average molecular weight is 431 g/mol. The molecular weight excluding hydrogens is 416 g/mol. The van der Waals surface area contributed by atoms with Crippen molar-refractivity contribution in [1.82, 2.24) is 18.9 Å². The van der Waals surface area contributed by atoms with Crippen molar-refractivity contribution in [3.63, 3.8) is 0 Å². The topological polar surface area (TPSA) is 44.8 Å². The van der Waals surface area contributed by atoms with Gasteiger partial charge < -0.3 is 0 Å².